The number of amides is 1. The molecule has 68 valence electrons. The van der Waals surface area contributed by atoms with Crippen LogP contribution in [0.3, 0.4) is 0 Å². The van der Waals surface area contributed by atoms with Crippen LogP contribution in [0, 0.1) is 0 Å². The minimum Gasteiger partial charge on any atom is -0.336 e. The second-order valence-corrected chi connectivity index (χ2v) is 3.43. The van der Waals surface area contributed by atoms with Gasteiger partial charge in [0.1, 0.15) is 0 Å². The van der Waals surface area contributed by atoms with Crippen LogP contribution in [0.25, 0.3) is 0 Å². The number of rotatable bonds is 1. The zero-order valence-corrected chi connectivity index (χ0v) is 7.75. The molecule has 1 amide bonds. The van der Waals surface area contributed by atoms with E-state index in [1.165, 1.54) is 18.9 Å². The molecule has 0 aromatic heterocycles. The first-order valence-electron chi connectivity index (χ1n) is 4.68. The molecule has 0 aromatic carbocycles. The average Bonchev–Trinajstić information content (AvgIpc) is 2.28. The fourth-order valence-electron chi connectivity index (χ4n) is 1.72. The molecule has 1 atom stereocenters. The normalized spacial score (nSPS) is 24.8. The van der Waals surface area contributed by atoms with E-state index in [2.05, 4.69) is 13.5 Å². The van der Waals surface area contributed by atoms with Crippen molar-refractivity contribution in [3.05, 3.63) is 12.7 Å². The molecule has 1 fully saturated rings. The van der Waals surface area contributed by atoms with Crippen molar-refractivity contribution >= 4 is 5.91 Å². The maximum Gasteiger partial charge on any atom is 0.246 e. The molecule has 0 spiro atoms. The third-order valence-corrected chi connectivity index (χ3v) is 2.51. The summed E-state index contributed by atoms with van der Waals surface area (Å²) < 4.78 is 0. The van der Waals surface area contributed by atoms with Crippen LogP contribution in [-0.4, -0.2) is 23.4 Å². The van der Waals surface area contributed by atoms with Crippen LogP contribution in [-0.2, 0) is 4.79 Å². The number of carbonyl (C=O) groups is 1. The summed E-state index contributed by atoms with van der Waals surface area (Å²) in [6.45, 7) is 6.54. The minimum atomic E-state index is 0.0874. The van der Waals surface area contributed by atoms with Gasteiger partial charge in [0.2, 0.25) is 5.91 Å². The molecule has 1 unspecified atom stereocenters. The molecule has 1 aliphatic heterocycles. The molecule has 0 saturated carbocycles. The lowest BCUT2D eigenvalue weighted by Gasteiger charge is -2.25. The molecule has 0 aromatic rings. The maximum atomic E-state index is 11.3. The summed E-state index contributed by atoms with van der Waals surface area (Å²) in [5.74, 6) is 0.0874. The predicted molar refractivity (Wildman–Crippen MR) is 49.8 cm³/mol. The van der Waals surface area contributed by atoms with Gasteiger partial charge in [0.25, 0.3) is 0 Å². The smallest absolute Gasteiger partial charge is 0.246 e. The number of carbonyl (C=O) groups excluding carboxylic acids is 1. The molecule has 2 heteroatoms. The van der Waals surface area contributed by atoms with E-state index in [-0.39, 0.29) is 5.91 Å². The Kier molecular flexibility index (Phi) is 3.32. The van der Waals surface area contributed by atoms with Crippen molar-refractivity contribution < 1.29 is 4.79 Å². The molecule has 1 saturated heterocycles. The Bertz CT molecular complexity index is 177. The molecule has 1 rings (SSSR count). The molecule has 1 aliphatic rings. The van der Waals surface area contributed by atoms with E-state index >= 15 is 0 Å². The van der Waals surface area contributed by atoms with Crippen molar-refractivity contribution in [3.63, 3.8) is 0 Å². The maximum absolute atomic E-state index is 11.3. The van der Waals surface area contributed by atoms with Gasteiger partial charge >= 0.3 is 0 Å². The van der Waals surface area contributed by atoms with Crippen LogP contribution < -0.4 is 0 Å². The highest BCUT2D eigenvalue weighted by Gasteiger charge is 2.19. The summed E-state index contributed by atoms with van der Waals surface area (Å²) in [7, 11) is 0. The van der Waals surface area contributed by atoms with E-state index in [0.29, 0.717) is 6.04 Å². The second-order valence-electron chi connectivity index (χ2n) is 3.43. The van der Waals surface area contributed by atoms with Crippen LogP contribution in [0.5, 0.6) is 0 Å². The van der Waals surface area contributed by atoms with Crippen LogP contribution in [0.4, 0.5) is 0 Å². The van der Waals surface area contributed by atoms with E-state index < -0.39 is 0 Å². The van der Waals surface area contributed by atoms with Gasteiger partial charge in [0, 0.05) is 12.6 Å². The summed E-state index contributed by atoms with van der Waals surface area (Å²) in [4.78, 5) is 13.3. The van der Waals surface area contributed by atoms with Crippen molar-refractivity contribution in [2.24, 2.45) is 0 Å². The summed E-state index contributed by atoms with van der Waals surface area (Å²) in [5.41, 5.74) is 0. The Hall–Kier alpha value is -0.790. The lowest BCUT2D eigenvalue weighted by atomic mass is 10.1. The standard InChI is InChI=1S/C10H17NO/c1-3-10(12)11-8-6-4-5-7-9(11)2/h3,9H,1,4-8H2,2H3. The molecule has 0 aliphatic carbocycles. The Labute approximate surface area is 74.2 Å². The van der Waals surface area contributed by atoms with Gasteiger partial charge in [-0.15, -0.1) is 0 Å². The minimum absolute atomic E-state index is 0.0874. The molecular formula is C10H17NO. The van der Waals surface area contributed by atoms with Crippen LogP contribution in [0.1, 0.15) is 32.6 Å². The summed E-state index contributed by atoms with van der Waals surface area (Å²) in [6, 6.07) is 0.401. The van der Waals surface area contributed by atoms with Crippen molar-refractivity contribution in [2.45, 2.75) is 38.6 Å². The molecule has 2 nitrogen and oxygen atoms in total. The van der Waals surface area contributed by atoms with Gasteiger partial charge in [-0.05, 0) is 25.8 Å². The Balaban J connectivity index is 2.58. The van der Waals surface area contributed by atoms with E-state index in [0.717, 1.165) is 19.4 Å². The Morgan fingerprint density at radius 1 is 1.50 bits per heavy atom. The first-order chi connectivity index (χ1) is 5.75. The zero-order valence-electron chi connectivity index (χ0n) is 7.75. The molecular weight excluding hydrogens is 150 g/mol. The summed E-state index contributed by atoms with van der Waals surface area (Å²) in [6.07, 6.45) is 6.21. The van der Waals surface area contributed by atoms with Crippen molar-refractivity contribution in [1.82, 2.24) is 4.90 Å². The van der Waals surface area contributed by atoms with E-state index in [9.17, 15) is 4.79 Å². The van der Waals surface area contributed by atoms with Gasteiger partial charge in [0.15, 0.2) is 0 Å². The number of hydrogen-bond acceptors (Lipinski definition) is 1. The Morgan fingerprint density at radius 2 is 2.25 bits per heavy atom. The first-order valence-corrected chi connectivity index (χ1v) is 4.68. The van der Waals surface area contributed by atoms with Crippen molar-refractivity contribution in [1.29, 1.82) is 0 Å². The topological polar surface area (TPSA) is 20.3 Å². The lowest BCUT2D eigenvalue weighted by molar-refractivity contribution is -0.127. The van der Waals surface area contributed by atoms with E-state index in [4.69, 9.17) is 0 Å². The molecule has 12 heavy (non-hydrogen) atoms. The van der Waals surface area contributed by atoms with Gasteiger partial charge in [-0.25, -0.2) is 0 Å². The number of likely N-dealkylation sites (tertiary alicyclic amines) is 1. The van der Waals surface area contributed by atoms with Gasteiger partial charge < -0.3 is 4.90 Å². The largest absolute Gasteiger partial charge is 0.336 e. The number of hydrogen-bond donors (Lipinski definition) is 0. The third-order valence-electron chi connectivity index (χ3n) is 2.51. The predicted octanol–water partition coefficient (Wildman–Crippen LogP) is 1.96. The van der Waals surface area contributed by atoms with Crippen molar-refractivity contribution in [2.75, 3.05) is 6.54 Å². The monoisotopic (exact) mass is 167 g/mol. The number of nitrogens with zero attached hydrogens (tertiary/aromatic N) is 1. The second kappa shape index (κ2) is 4.29. The fourth-order valence-corrected chi connectivity index (χ4v) is 1.72. The van der Waals surface area contributed by atoms with Gasteiger partial charge in [0.05, 0.1) is 0 Å². The summed E-state index contributed by atoms with van der Waals surface area (Å²) in [5, 5.41) is 0. The van der Waals surface area contributed by atoms with Gasteiger partial charge in [-0.3, -0.25) is 4.79 Å². The van der Waals surface area contributed by atoms with Gasteiger partial charge in [-0.2, -0.15) is 0 Å². The fraction of sp³-hybridized carbons (Fsp3) is 0.700. The van der Waals surface area contributed by atoms with Crippen LogP contribution >= 0.6 is 0 Å². The van der Waals surface area contributed by atoms with Crippen LogP contribution in [0.15, 0.2) is 12.7 Å². The Morgan fingerprint density at radius 3 is 2.92 bits per heavy atom. The highest BCUT2D eigenvalue weighted by atomic mass is 16.2. The van der Waals surface area contributed by atoms with Crippen LogP contribution in [0.2, 0.25) is 0 Å². The molecule has 0 N–H and O–H groups in total. The highest BCUT2D eigenvalue weighted by molar-refractivity contribution is 5.87. The quantitative estimate of drug-likeness (QED) is 0.547. The third kappa shape index (κ3) is 2.10. The first kappa shape index (κ1) is 9.30. The molecule has 1 heterocycles. The summed E-state index contributed by atoms with van der Waals surface area (Å²) >= 11 is 0. The molecule has 0 radical (unpaired) electrons. The SMILES string of the molecule is C=CC(=O)N1CCCCCC1C. The zero-order chi connectivity index (χ0) is 8.97. The average molecular weight is 167 g/mol. The lowest BCUT2D eigenvalue weighted by Crippen LogP contribution is -2.36. The van der Waals surface area contributed by atoms with Crippen molar-refractivity contribution in [3.8, 4) is 0 Å². The van der Waals surface area contributed by atoms with Gasteiger partial charge in [-0.1, -0.05) is 19.4 Å². The molecule has 0 bridgehead atoms. The van der Waals surface area contributed by atoms with E-state index in [1.54, 1.807) is 0 Å². The van der Waals surface area contributed by atoms with E-state index in [1.807, 2.05) is 4.90 Å². The highest BCUT2D eigenvalue weighted by Crippen LogP contribution is 2.16.